The number of carbonyl (C=O) groups is 1. The molecule has 0 N–H and O–H groups in total. The summed E-state index contributed by atoms with van der Waals surface area (Å²) in [5.74, 6) is -0.359. The van der Waals surface area contributed by atoms with Gasteiger partial charge in [-0.15, -0.1) is 0 Å². The molecule has 3 atom stereocenters. The third kappa shape index (κ3) is 3.49. The molecule has 5 nitrogen and oxygen atoms in total. The monoisotopic (exact) mass is 321 g/mol. The Hall–Kier alpha value is -0.270. The van der Waals surface area contributed by atoms with Crippen molar-refractivity contribution < 1.29 is 17.9 Å². The van der Waals surface area contributed by atoms with E-state index in [0.29, 0.717) is 11.8 Å². The molecule has 0 bridgehead atoms. The summed E-state index contributed by atoms with van der Waals surface area (Å²) in [5, 5.41) is 0.431. The van der Waals surface area contributed by atoms with Gasteiger partial charge in [0.2, 0.25) is 10.0 Å². The van der Waals surface area contributed by atoms with Gasteiger partial charge in [-0.25, -0.2) is 8.42 Å². The highest BCUT2D eigenvalue weighted by molar-refractivity contribution is 8.00. The number of thioether (sulfide) groups is 1. The minimum absolute atomic E-state index is 0.123. The van der Waals surface area contributed by atoms with Gasteiger partial charge in [-0.05, 0) is 12.8 Å². The van der Waals surface area contributed by atoms with Crippen LogP contribution in [0, 0.1) is 5.92 Å². The molecule has 1 saturated carbocycles. The van der Waals surface area contributed by atoms with Gasteiger partial charge >= 0.3 is 5.97 Å². The molecule has 0 radical (unpaired) electrons. The number of esters is 1. The van der Waals surface area contributed by atoms with Crippen LogP contribution in [0.1, 0.15) is 32.6 Å². The summed E-state index contributed by atoms with van der Waals surface area (Å²) in [6.07, 6.45) is 4.35. The molecule has 1 aliphatic heterocycles. The molecule has 7 heteroatoms. The molecular weight excluding hydrogens is 298 g/mol. The lowest BCUT2D eigenvalue weighted by atomic mass is 9.95. The second-order valence-electron chi connectivity index (χ2n) is 5.57. The standard InChI is InChI=1S/C13H23NO4S2/c1-10(13(15)18-2)9-20(16,17)14-7-8-19-12-6-4-3-5-11(12)14/h10-12H,3-9H2,1-2H3/t10-,11-,12+/m1/s1. The Morgan fingerprint density at radius 2 is 2.10 bits per heavy atom. The molecule has 0 aromatic rings. The van der Waals surface area contributed by atoms with E-state index in [0.717, 1.165) is 25.0 Å². The third-order valence-corrected chi connectivity index (χ3v) is 7.59. The lowest BCUT2D eigenvalue weighted by molar-refractivity contribution is -0.144. The van der Waals surface area contributed by atoms with E-state index in [1.807, 2.05) is 11.8 Å². The van der Waals surface area contributed by atoms with Gasteiger partial charge in [-0.2, -0.15) is 16.1 Å². The fraction of sp³-hybridized carbons (Fsp3) is 0.923. The van der Waals surface area contributed by atoms with Gasteiger partial charge in [-0.1, -0.05) is 19.8 Å². The predicted octanol–water partition coefficient (Wildman–Crippen LogP) is 1.49. The van der Waals surface area contributed by atoms with Gasteiger partial charge in [0.1, 0.15) is 0 Å². The van der Waals surface area contributed by atoms with Crippen molar-refractivity contribution in [1.82, 2.24) is 4.31 Å². The Morgan fingerprint density at radius 3 is 2.80 bits per heavy atom. The first-order valence-corrected chi connectivity index (χ1v) is 9.80. The van der Waals surface area contributed by atoms with Crippen molar-refractivity contribution in [3.8, 4) is 0 Å². The Bertz CT molecular complexity index is 449. The Labute approximate surface area is 125 Å². The molecule has 0 unspecified atom stereocenters. The molecule has 0 aromatic carbocycles. The fourth-order valence-electron chi connectivity index (χ4n) is 3.09. The molecule has 1 aliphatic carbocycles. The second-order valence-corrected chi connectivity index (χ2v) is 8.89. The van der Waals surface area contributed by atoms with Crippen molar-refractivity contribution in [2.45, 2.75) is 43.9 Å². The van der Waals surface area contributed by atoms with Gasteiger partial charge in [0, 0.05) is 23.6 Å². The van der Waals surface area contributed by atoms with Crippen molar-refractivity contribution in [2.24, 2.45) is 5.92 Å². The van der Waals surface area contributed by atoms with Crippen LogP contribution in [0.5, 0.6) is 0 Å². The van der Waals surface area contributed by atoms with Crippen LogP contribution >= 0.6 is 11.8 Å². The van der Waals surface area contributed by atoms with Crippen molar-refractivity contribution in [3.05, 3.63) is 0 Å². The summed E-state index contributed by atoms with van der Waals surface area (Å²) >= 11 is 1.90. The predicted molar refractivity (Wildman–Crippen MR) is 80.2 cm³/mol. The molecule has 0 amide bonds. The van der Waals surface area contributed by atoms with Crippen LogP contribution < -0.4 is 0 Å². The number of hydrogen-bond donors (Lipinski definition) is 0. The van der Waals surface area contributed by atoms with E-state index in [2.05, 4.69) is 4.74 Å². The first kappa shape index (κ1) is 16.1. The smallest absolute Gasteiger partial charge is 0.309 e. The Morgan fingerprint density at radius 1 is 1.40 bits per heavy atom. The topological polar surface area (TPSA) is 63.7 Å². The number of nitrogens with zero attached hydrogens (tertiary/aromatic N) is 1. The number of carbonyl (C=O) groups excluding carboxylic acids is 1. The summed E-state index contributed by atoms with van der Waals surface area (Å²) in [7, 11) is -2.10. The van der Waals surface area contributed by atoms with Gasteiger partial charge < -0.3 is 4.74 Å². The maximum absolute atomic E-state index is 12.6. The molecule has 20 heavy (non-hydrogen) atoms. The fourth-order valence-corrected chi connectivity index (χ4v) is 6.72. The number of ether oxygens (including phenoxy) is 1. The number of fused-ring (bicyclic) bond motifs is 1. The lowest BCUT2D eigenvalue weighted by Crippen LogP contribution is -2.52. The Kier molecular flexibility index (Phi) is 5.36. The van der Waals surface area contributed by atoms with E-state index in [1.54, 1.807) is 11.2 Å². The second kappa shape index (κ2) is 6.66. The van der Waals surface area contributed by atoms with Gasteiger partial charge in [-0.3, -0.25) is 4.79 Å². The lowest BCUT2D eigenvalue weighted by Gasteiger charge is -2.42. The van der Waals surface area contributed by atoms with E-state index in [1.165, 1.54) is 13.5 Å². The number of methoxy groups -OCH3 is 1. The highest BCUT2D eigenvalue weighted by Crippen LogP contribution is 2.37. The molecule has 0 spiro atoms. The van der Waals surface area contributed by atoms with E-state index in [9.17, 15) is 13.2 Å². The molecule has 1 saturated heterocycles. The molecular formula is C13H23NO4S2. The first-order valence-electron chi connectivity index (χ1n) is 7.14. The zero-order chi connectivity index (χ0) is 14.8. The van der Waals surface area contributed by atoms with Crippen LogP contribution in [0.2, 0.25) is 0 Å². The zero-order valence-corrected chi connectivity index (χ0v) is 13.7. The van der Waals surface area contributed by atoms with E-state index in [-0.39, 0.29) is 11.8 Å². The maximum atomic E-state index is 12.6. The maximum Gasteiger partial charge on any atom is 0.309 e. The Balaban J connectivity index is 2.09. The van der Waals surface area contributed by atoms with Crippen LogP contribution in [0.3, 0.4) is 0 Å². The minimum atomic E-state index is -3.39. The van der Waals surface area contributed by atoms with Crippen molar-refractivity contribution >= 4 is 27.8 Å². The van der Waals surface area contributed by atoms with E-state index >= 15 is 0 Å². The highest BCUT2D eigenvalue weighted by atomic mass is 32.2. The summed E-state index contributed by atoms with van der Waals surface area (Å²) in [5.41, 5.74) is 0. The molecule has 2 rings (SSSR count). The zero-order valence-electron chi connectivity index (χ0n) is 12.1. The average Bonchev–Trinajstić information content (AvgIpc) is 2.45. The number of sulfonamides is 1. The summed E-state index contributed by atoms with van der Waals surface area (Å²) in [6.45, 7) is 2.18. The highest BCUT2D eigenvalue weighted by Gasteiger charge is 2.40. The van der Waals surface area contributed by atoms with Gasteiger partial charge in [0.15, 0.2) is 0 Å². The van der Waals surface area contributed by atoms with E-state index in [4.69, 9.17) is 0 Å². The van der Waals surface area contributed by atoms with Crippen molar-refractivity contribution in [2.75, 3.05) is 25.2 Å². The number of hydrogen-bond acceptors (Lipinski definition) is 5. The summed E-state index contributed by atoms with van der Waals surface area (Å²) in [4.78, 5) is 11.4. The SMILES string of the molecule is COC(=O)[C@H](C)CS(=O)(=O)N1CCS[C@H]2CCCC[C@H]21. The van der Waals surface area contributed by atoms with Crippen molar-refractivity contribution in [3.63, 3.8) is 0 Å². The molecule has 2 fully saturated rings. The van der Waals surface area contributed by atoms with Crippen LogP contribution in [0.15, 0.2) is 0 Å². The van der Waals surface area contributed by atoms with Crippen LogP contribution in [0.25, 0.3) is 0 Å². The van der Waals surface area contributed by atoms with Gasteiger partial charge in [0.05, 0.1) is 18.8 Å². The van der Waals surface area contributed by atoms with E-state index < -0.39 is 21.9 Å². The van der Waals surface area contributed by atoms with Crippen LogP contribution in [-0.4, -0.2) is 55.1 Å². The average molecular weight is 321 g/mol. The molecule has 1 heterocycles. The van der Waals surface area contributed by atoms with Crippen molar-refractivity contribution in [1.29, 1.82) is 0 Å². The minimum Gasteiger partial charge on any atom is -0.469 e. The van der Waals surface area contributed by atoms with Gasteiger partial charge in [0.25, 0.3) is 0 Å². The first-order chi connectivity index (χ1) is 9.45. The molecule has 2 aliphatic rings. The normalized spacial score (nSPS) is 29.5. The molecule has 116 valence electrons. The quantitative estimate of drug-likeness (QED) is 0.734. The number of rotatable bonds is 4. The molecule has 0 aromatic heterocycles. The van der Waals surface area contributed by atoms with Crippen LogP contribution in [-0.2, 0) is 19.6 Å². The largest absolute Gasteiger partial charge is 0.469 e. The van der Waals surface area contributed by atoms with Crippen LogP contribution in [0.4, 0.5) is 0 Å². The third-order valence-electron chi connectivity index (χ3n) is 4.10. The summed E-state index contributed by atoms with van der Waals surface area (Å²) in [6, 6.07) is 0.123. The summed E-state index contributed by atoms with van der Waals surface area (Å²) < 4.78 is 31.4.